The van der Waals surface area contributed by atoms with Crippen molar-refractivity contribution in [3.8, 4) is 0 Å². The van der Waals surface area contributed by atoms with Crippen LogP contribution in [0.25, 0.3) is 0 Å². The summed E-state index contributed by atoms with van der Waals surface area (Å²) < 4.78 is 43.8. The van der Waals surface area contributed by atoms with Crippen LogP contribution >= 0.6 is 11.6 Å². The Balaban J connectivity index is 2.41. The van der Waals surface area contributed by atoms with E-state index in [1.165, 1.54) is 18.2 Å². The lowest BCUT2D eigenvalue weighted by molar-refractivity contribution is 0.147. The summed E-state index contributed by atoms with van der Waals surface area (Å²) in [6.07, 6.45) is 0.533. The van der Waals surface area contributed by atoms with Crippen molar-refractivity contribution in [1.29, 1.82) is 0 Å². The molecule has 7 heteroatoms. The molecule has 0 amide bonds. The maximum absolute atomic E-state index is 12.9. The summed E-state index contributed by atoms with van der Waals surface area (Å²) in [5, 5.41) is 0. The molecule has 0 fully saturated rings. The maximum atomic E-state index is 12.9. The predicted octanol–water partition coefficient (Wildman–Crippen LogP) is 1.75. The number of benzene rings is 1. The molecule has 0 radical (unpaired) electrons. The first-order valence-electron chi connectivity index (χ1n) is 5.45. The van der Waals surface area contributed by atoms with Gasteiger partial charge >= 0.3 is 0 Å². The molecule has 0 saturated heterocycles. The zero-order valence-corrected chi connectivity index (χ0v) is 11.3. The molecule has 0 spiro atoms. The Kier molecular flexibility index (Phi) is 6.56. The highest BCUT2D eigenvalue weighted by Crippen LogP contribution is 2.09. The number of alkyl halides is 1. The number of rotatable bonds is 8. The molecule has 0 bridgehead atoms. The Bertz CT molecular complexity index is 467. The van der Waals surface area contributed by atoms with Crippen LogP contribution in [0.5, 0.6) is 0 Å². The molecule has 1 rings (SSSR count). The Morgan fingerprint density at radius 3 is 2.78 bits per heavy atom. The monoisotopic (exact) mass is 295 g/mol. The second-order valence-electron chi connectivity index (χ2n) is 3.51. The van der Waals surface area contributed by atoms with E-state index in [1.807, 2.05) is 0 Å². The van der Waals surface area contributed by atoms with Gasteiger partial charge in [-0.2, -0.15) is 0 Å². The van der Waals surface area contributed by atoms with Crippen LogP contribution in [0, 0.1) is 5.82 Å². The third-order valence-electron chi connectivity index (χ3n) is 2.09. The van der Waals surface area contributed by atoms with Crippen LogP contribution in [-0.2, 0) is 14.8 Å². The van der Waals surface area contributed by atoms with Crippen LogP contribution in [0.1, 0.15) is 6.42 Å². The molecule has 1 aromatic rings. The number of hydrogen-bond acceptors (Lipinski definition) is 3. The fraction of sp³-hybridized carbons (Fsp3) is 0.455. The van der Waals surface area contributed by atoms with Crippen LogP contribution < -0.4 is 4.72 Å². The summed E-state index contributed by atoms with van der Waals surface area (Å²) in [4.78, 5) is -0.0795. The lowest BCUT2D eigenvalue weighted by Gasteiger charge is -2.07. The van der Waals surface area contributed by atoms with Crippen molar-refractivity contribution in [3.63, 3.8) is 0 Å². The first-order valence-corrected chi connectivity index (χ1v) is 7.47. The summed E-state index contributed by atoms with van der Waals surface area (Å²) in [7, 11) is -3.65. The second kappa shape index (κ2) is 7.68. The molecule has 0 aliphatic heterocycles. The van der Waals surface area contributed by atoms with Gasteiger partial charge in [-0.25, -0.2) is 17.5 Å². The van der Waals surface area contributed by atoms with E-state index in [9.17, 15) is 12.8 Å². The Morgan fingerprint density at radius 1 is 1.33 bits per heavy atom. The Labute approximate surface area is 111 Å². The minimum atomic E-state index is -3.65. The van der Waals surface area contributed by atoms with Crippen molar-refractivity contribution in [2.75, 3.05) is 25.6 Å². The van der Waals surface area contributed by atoms with Crippen LogP contribution in [0.3, 0.4) is 0 Å². The quantitative estimate of drug-likeness (QED) is 0.587. The van der Waals surface area contributed by atoms with Gasteiger partial charge in [0.2, 0.25) is 10.0 Å². The van der Waals surface area contributed by atoms with Gasteiger partial charge in [0, 0.05) is 19.0 Å². The number of ether oxygens (including phenoxy) is 1. The van der Waals surface area contributed by atoms with Gasteiger partial charge in [-0.1, -0.05) is 6.07 Å². The molecule has 1 N–H and O–H groups in total. The first kappa shape index (κ1) is 15.4. The lowest BCUT2D eigenvalue weighted by Crippen LogP contribution is -2.25. The van der Waals surface area contributed by atoms with E-state index in [4.69, 9.17) is 16.3 Å². The van der Waals surface area contributed by atoms with Crippen molar-refractivity contribution in [2.24, 2.45) is 0 Å². The van der Waals surface area contributed by atoms with Gasteiger partial charge in [0.05, 0.1) is 11.5 Å². The Hall–Kier alpha value is -0.690. The van der Waals surface area contributed by atoms with Gasteiger partial charge in [-0.05, 0) is 24.6 Å². The largest absolute Gasteiger partial charge is 0.380 e. The highest BCUT2D eigenvalue weighted by atomic mass is 35.5. The minimum absolute atomic E-state index is 0.0795. The molecule has 0 aliphatic rings. The standard InChI is InChI=1S/C11H15ClFNO3S/c12-5-8-17-7-2-6-14-18(15,16)11-4-1-3-10(13)9-11/h1,3-4,9,14H,2,5-8H2. The molecule has 102 valence electrons. The molecule has 18 heavy (non-hydrogen) atoms. The first-order chi connectivity index (χ1) is 8.56. The molecule has 0 heterocycles. The summed E-state index contributed by atoms with van der Waals surface area (Å²) in [5.41, 5.74) is 0. The third-order valence-corrected chi connectivity index (χ3v) is 3.70. The molecule has 0 aromatic heterocycles. The average Bonchev–Trinajstić information content (AvgIpc) is 2.33. The topological polar surface area (TPSA) is 55.4 Å². The zero-order valence-electron chi connectivity index (χ0n) is 9.73. The van der Waals surface area contributed by atoms with Gasteiger partial charge in [-0.15, -0.1) is 11.6 Å². The van der Waals surface area contributed by atoms with Crippen LogP contribution in [-0.4, -0.2) is 34.1 Å². The highest BCUT2D eigenvalue weighted by molar-refractivity contribution is 7.89. The SMILES string of the molecule is O=S(=O)(NCCCOCCCl)c1cccc(F)c1. The van der Waals surface area contributed by atoms with Crippen molar-refractivity contribution < 1.29 is 17.5 Å². The summed E-state index contributed by atoms with van der Waals surface area (Å²) in [6.45, 7) is 1.11. The van der Waals surface area contributed by atoms with E-state index in [-0.39, 0.29) is 11.4 Å². The van der Waals surface area contributed by atoms with Crippen molar-refractivity contribution in [2.45, 2.75) is 11.3 Å². The van der Waals surface area contributed by atoms with Gasteiger partial charge in [0.1, 0.15) is 5.82 Å². The van der Waals surface area contributed by atoms with Gasteiger partial charge in [0.15, 0.2) is 0 Å². The molecule has 0 aliphatic carbocycles. The molecule has 4 nitrogen and oxygen atoms in total. The number of nitrogens with one attached hydrogen (secondary N) is 1. The summed E-state index contributed by atoms with van der Waals surface area (Å²) in [5.74, 6) is -0.169. The highest BCUT2D eigenvalue weighted by Gasteiger charge is 2.13. The molecule has 0 saturated carbocycles. The van der Waals surface area contributed by atoms with E-state index in [0.29, 0.717) is 25.5 Å². The minimum Gasteiger partial charge on any atom is -0.380 e. The number of hydrogen-bond donors (Lipinski definition) is 1. The molecule has 1 aromatic carbocycles. The average molecular weight is 296 g/mol. The van der Waals surface area contributed by atoms with Gasteiger partial charge in [-0.3, -0.25) is 0 Å². The van der Waals surface area contributed by atoms with Crippen molar-refractivity contribution in [1.82, 2.24) is 4.72 Å². The fourth-order valence-corrected chi connectivity index (χ4v) is 2.47. The van der Waals surface area contributed by atoms with Crippen molar-refractivity contribution in [3.05, 3.63) is 30.1 Å². The van der Waals surface area contributed by atoms with E-state index >= 15 is 0 Å². The van der Waals surface area contributed by atoms with E-state index in [0.717, 1.165) is 6.07 Å². The van der Waals surface area contributed by atoms with Crippen LogP contribution in [0.15, 0.2) is 29.2 Å². The van der Waals surface area contributed by atoms with Crippen molar-refractivity contribution >= 4 is 21.6 Å². The lowest BCUT2D eigenvalue weighted by atomic mass is 10.4. The van der Waals surface area contributed by atoms with Crippen LogP contribution in [0.2, 0.25) is 0 Å². The van der Waals surface area contributed by atoms with Gasteiger partial charge in [0.25, 0.3) is 0 Å². The zero-order chi connectivity index (χ0) is 13.4. The normalized spacial score (nSPS) is 11.7. The molecule has 0 atom stereocenters. The predicted molar refractivity (Wildman–Crippen MR) is 67.7 cm³/mol. The van der Waals surface area contributed by atoms with Gasteiger partial charge < -0.3 is 4.74 Å². The van der Waals surface area contributed by atoms with E-state index < -0.39 is 15.8 Å². The second-order valence-corrected chi connectivity index (χ2v) is 5.65. The fourth-order valence-electron chi connectivity index (χ4n) is 1.25. The van der Waals surface area contributed by atoms with E-state index in [2.05, 4.69) is 4.72 Å². The number of halogens is 2. The molecular formula is C11H15ClFNO3S. The van der Waals surface area contributed by atoms with E-state index in [1.54, 1.807) is 0 Å². The summed E-state index contributed by atoms with van der Waals surface area (Å²) in [6, 6.07) is 4.87. The molecular weight excluding hydrogens is 281 g/mol. The number of sulfonamides is 1. The smallest absolute Gasteiger partial charge is 0.240 e. The Morgan fingerprint density at radius 2 is 2.11 bits per heavy atom. The molecule has 0 unspecified atom stereocenters. The third kappa shape index (κ3) is 5.30. The summed E-state index contributed by atoms with van der Waals surface area (Å²) >= 11 is 5.41. The maximum Gasteiger partial charge on any atom is 0.240 e. The van der Waals surface area contributed by atoms with Crippen LogP contribution in [0.4, 0.5) is 4.39 Å².